The largest absolute Gasteiger partial charge is 0.324 e. The third-order valence-electron chi connectivity index (χ3n) is 4.23. The van der Waals surface area contributed by atoms with E-state index in [0.29, 0.717) is 22.6 Å². The molecule has 0 bridgehead atoms. The minimum Gasteiger partial charge on any atom is -0.324 e. The Bertz CT molecular complexity index is 967. The maximum absolute atomic E-state index is 13.2. The molecule has 0 fully saturated rings. The Balaban J connectivity index is 1.67. The molecule has 7 heteroatoms. The molecule has 0 radical (unpaired) electrons. The van der Waals surface area contributed by atoms with Gasteiger partial charge in [-0.05, 0) is 29.8 Å². The van der Waals surface area contributed by atoms with Crippen molar-refractivity contribution in [1.29, 1.82) is 0 Å². The van der Waals surface area contributed by atoms with Crippen LogP contribution in [0.25, 0.3) is 11.1 Å². The van der Waals surface area contributed by atoms with E-state index in [-0.39, 0.29) is 24.1 Å². The average Bonchev–Trinajstić information content (AvgIpc) is 3.06. The highest BCUT2D eigenvalue weighted by atomic mass is 19.1. The Labute approximate surface area is 148 Å². The van der Waals surface area contributed by atoms with E-state index in [9.17, 15) is 14.0 Å². The second kappa shape index (κ2) is 6.44. The topological polar surface area (TPSA) is 76.0 Å². The first-order chi connectivity index (χ1) is 12.6. The molecule has 0 aliphatic carbocycles. The predicted molar refractivity (Wildman–Crippen MR) is 95.0 cm³/mol. The zero-order valence-electron chi connectivity index (χ0n) is 13.6. The molecule has 130 valence electrons. The number of halogens is 1. The van der Waals surface area contributed by atoms with Gasteiger partial charge in [0.05, 0.1) is 12.6 Å². The maximum Gasteiger partial charge on any atom is 0.249 e. The van der Waals surface area contributed by atoms with E-state index in [1.165, 1.54) is 16.8 Å². The molecule has 2 heterocycles. The minimum atomic E-state index is -0.756. The molecule has 1 atom stereocenters. The van der Waals surface area contributed by atoms with Crippen LogP contribution in [0.4, 0.5) is 15.9 Å². The van der Waals surface area contributed by atoms with Crippen LogP contribution in [0.5, 0.6) is 0 Å². The second-order valence-electron chi connectivity index (χ2n) is 5.98. The molecule has 1 aromatic heterocycles. The van der Waals surface area contributed by atoms with Gasteiger partial charge in [-0.1, -0.05) is 30.3 Å². The van der Waals surface area contributed by atoms with Gasteiger partial charge in [-0.3, -0.25) is 9.59 Å². The van der Waals surface area contributed by atoms with Gasteiger partial charge in [0.25, 0.3) is 0 Å². The minimum absolute atomic E-state index is 0.00377. The van der Waals surface area contributed by atoms with Crippen molar-refractivity contribution >= 4 is 23.3 Å². The van der Waals surface area contributed by atoms with Crippen LogP contribution in [0.2, 0.25) is 0 Å². The van der Waals surface area contributed by atoms with Gasteiger partial charge in [-0.15, -0.1) is 0 Å². The number of carbonyl (C=O) groups is 2. The number of hydrogen-bond donors (Lipinski definition) is 2. The smallest absolute Gasteiger partial charge is 0.249 e. The highest BCUT2D eigenvalue weighted by Crippen LogP contribution is 2.34. The summed E-state index contributed by atoms with van der Waals surface area (Å²) in [6.45, 7) is 0. The number of amides is 2. The third-order valence-corrected chi connectivity index (χ3v) is 4.23. The molecule has 0 spiro atoms. The van der Waals surface area contributed by atoms with Gasteiger partial charge in [-0.25, -0.2) is 9.07 Å². The highest BCUT2D eigenvalue weighted by molar-refractivity contribution is 6.03. The predicted octanol–water partition coefficient (Wildman–Crippen LogP) is 3.21. The number of carbonyl (C=O) groups excluding carboxylic acids is 2. The van der Waals surface area contributed by atoms with E-state index in [1.54, 1.807) is 30.5 Å². The molecule has 0 unspecified atom stereocenters. The first kappa shape index (κ1) is 16.0. The van der Waals surface area contributed by atoms with Gasteiger partial charge in [0.15, 0.2) is 0 Å². The Morgan fingerprint density at radius 3 is 2.62 bits per heavy atom. The summed E-state index contributed by atoms with van der Waals surface area (Å²) in [6, 6.07) is 14.2. The van der Waals surface area contributed by atoms with E-state index in [4.69, 9.17) is 0 Å². The molecular formula is C19H15FN4O2. The van der Waals surface area contributed by atoms with Crippen molar-refractivity contribution in [2.75, 3.05) is 10.6 Å². The Morgan fingerprint density at radius 2 is 1.88 bits per heavy atom. The van der Waals surface area contributed by atoms with Crippen LogP contribution < -0.4 is 10.6 Å². The second-order valence-corrected chi connectivity index (χ2v) is 5.98. The summed E-state index contributed by atoms with van der Waals surface area (Å²) in [7, 11) is 0. The summed E-state index contributed by atoms with van der Waals surface area (Å²) >= 11 is 0. The van der Waals surface area contributed by atoms with E-state index in [1.807, 2.05) is 18.2 Å². The van der Waals surface area contributed by atoms with Crippen molar-refractivity contribution in [3.8, 4) is 11.1 Å². The van der Waals surface area contributed by atoms with E-state index in [2.05, 4.69) is 15.7 Å². The quantitative estimate of drug-likeness (QED) is 0.762. The maximum atomic E-state index is 13.2. The van der Waals surface area contributed by atoms with E-state index in [0.717, 1.165) is 0 Å². The molecular weight excluding hydrogens is 335 g/mol. The van der Waals surface area contributed by atoms with Crippen LogP contribution in [-0.4, -0.2) is 21.6 Å². The summed E-state index contributed by atoms with van der Waals surface area (Å²) in [4.78, 5) is 24.8. The number of fused-ring (bicyclic) bond motifs is 1. The fraction of sp³-hybridized carbons (Fsp3) is 0.105. The van der Waals surface area contributed by atoms with Gasteiger partial charge in [0, 0.05) is 11.3 Å². The lowest BCUT2D eigenvalue weighted by atomic mass is 10.1. The summed E-state index contributed by atoms with van der Waals surface area (Å²) in [5.74, 6) is -0.504. The van der Waals surface area contributed by atoms with E-state index >= 15 is 0 Å². The lowest BCUT2D eigenvalue weighted by molar-refractivity contribution is -0.125. The molecule has 6 nitrogen and oxygen atoms in total. The molecule has 4 rings (SSSR count). The van der Waals surface area contributed by atoms with Crippen LogP contribution >= 0.6 is 0 Å². The van der Waals surface area contributed by atoms with Gasteiger partial charge in [-0.2, -0.15) is 5.10 Å². The van der Waals surface area contributed by atoms with Gasteiger partial charge >= 0.3 is 0 Å². The van der Waals surface area contributed by atoms with Crippen LogP contribution in [0, 0.1) is 5.82 Å². The number of rotatable bonds is 3. The third kappa shape index (κ3) is 2.95. The van der Waals surface area contributed by atoms with Gasteiger partial charge in [0.1, 0.15) is 17.7 Å². The fourth-order valence-corrected chi connectivity index (χ4v) is 2.96. The number of aromatic nitrogens is 2. The SMILES string of the molecule is O=C1C[C@H](C(=O)Nc2ccccc2)n2ncc(-c3ccc(F)cc3)c2N1. The molecule has 1 aliphatic heterocycles. The summed E-state index contributed by atoms with van der Waals surface area (Å²) in [6.07, 6.45) is 1.56. The van der Waals surface area contributed by atoms with Gasteiger partial charge in [0.2, 0.25) is 11.8 Å². The molecule has 2 aromatic carbocycles. The summed E-state index contributed by atoms with van der Waals surface area (Å²) in [5.41, 5.74) is 1.99. The Morgan fingerprint density at radius 1 is 1.15 bits per heavy atom. The van der Waals surface area contributed by atoms with Crippen molar-refractivity contribution in [2.24, 2.45) is 0 Å². The molecule has 0 saturated carbocycles. The van der Waals surface area contributed by atoms with Crippen LogP contribution in [0.1, 0.15) is 12.5 Å². The first-order valence-corrected chi connectivity index (χ1v) is 8.11. The summed E-state index contributed by atoms with van der Waals surface area (Å²) < 4.78 is 14.7. The number of hydrogen-bond acceptors (Lipinski definition) is 3. The lowest BCUT2D eigenvalue weighted by Crippen LogP contribution is -2.35. The Hall–Kier alpha value is -3.48. The number of nitrogens with one attached hydrogen (secondary N) is 2. The lowest BCUT2D eigenvalue weighted by Gasteiger charge is -2.24. The van der Waals surface area contributed by atoms with Crippen molar-refractivity contribution in [3.05, 3.63) is 66.6 Å². The number of anilines is 2. The standard InChI is InChI=1S/C19H15FN4O2/c20-13-8-6-12(7-9-13)15-11-21-24-16(10-17(25)23-18(15)24)19(26)22-14-4-2-1-3-5-14/h1-9,11,16H,10H2,(H,22,26)(H,23,25)/t16-/m1/s1. The fourth-order valence-electron chi connectivity index (χ4n) is 2.96. The molecule has 1 aliphatic rings. The van der Waals surface area contributed by atoms with Crippen LogP contribution in [0.15, 0.2) is 60.8 Å². The molecule has 2 amide bonds. The van der Waals surface area contributed by atoms with Crippen LogP contribution in [-0.2, 0) is 9.59 Å². The van der Waals surface area contributed by atoms with Crippen molar-refractivity contribution in [2.45, 2.75) is 12.5 Å². The van der Waals surface area contributed by atoms with Crippen LogP contribution in [0.3, 0.4) is 0 Å². The molecule has 26 heavy (non-hydrogen) atoms. The zero-order valence-corrected chi connectivity index (χ0v) is 13.6. The monoisotopic (exact) mass is 350 g/mol. The normalized spacial score (nSPS) is 15.9. The number of nitrogens with zero attached hydrogens (tertiary/aromatic N) is 2. The number of benzene rings is 2. The highest BCUT2D eigenvalue weighted by Gasteiger charge is 2.33. The summed E-state index contributed by atoms with van der Waals surface area (Å²) in [5, 5.41) is 9.84. The first-order valence-electron chi connectivity index (χ1n) is 8.11. The average molecular weight is 350 g/mol. The molecule has 0 saturated heterocycles. The Kier molecular flexibility index (Phi) is 3.96. The molecule has 3 aromatic rings. The zero-order chi connectivity index (χ0) is 18.1. The van der Waals surface area contributed by atoms with Crippen molar-refractivity contribution in [3.63, 3.8) is 0 Å². The molecule has 2 N–H and O–H groups in total. The van der Waals surface area contributed by atoms with E-state index < -0.39 is 6.04 Å². The van der Waals surface area contributed by atoms with Gasteiger partial charge < -0.3 is 10.6 Å². The van der Waals surface area contributed by atoms with Crippen molar-refractivity contribution < 1.29 is 14.0 Å². The number of para-hydroxylation sites is 1. The van der Waals surface area contributed by atoms with Crippen molar-refractivity contribution in [1.82, 2.24) is 9.78 Å².